The number of rotatable bonds is 3. The zero-order chi connectivity index (χ0) is 19.3. The predicted molar refractivity (Wildman–Crippen MR) is 100 cm³/mol. The molecule has 0 saturated carbocycles. The Morgan fingerprint density at radius 3 is 2.52 bits per heavy atom. The van der Waals surface area contributed by atoms with E-state index in [1.807, 2.05) is 0 Å². The molecule has 0 spiro atoms. The highest BCUT2D eigenvalue weighted by Gasteiger charge is 2.44. The first-order chi connectivity index (χ1) is 12.9. The molecule has 0 unspecified atom stereocenters. The zero-order valence-electron chi connectivity index (χ0n) is 13.7. The summed E-state index contributed by atoms with van der Waals surface area (Å²) in [5, 5.41) is 31.5. The monoisotopic (exact) mass is 410 g/mol. The Bertz CT molecular complexity index is 1110. The van der Waals surface area contributed by atoms with Crippen LogP contribution in [0.5, 0.6) is 0 Å². The number of nitrogens with zero attached hydrogens (tertiary/aromatic N) is 1. The number of aliphatic hydroxyl groups is 3. The maximum absolute atomic E-state index is 12.9. The molecule has 0 bridgehead atoms. The van der Waals surface area contributed by atoms with Crippen LogP contribution in [0, 0.1) is 0 Å². The molecule has 8 nitrogen and oxygen atoms in total. The molecule has 1 saturated heterocycles. The topological polar surface area (TPSA) is 125 Å². The summed E-state index contributed by atoms with van der Waals surface area (Å²) in [4.78, 5) is 28.1. The lowest BCUT2D eigenvalue weighted by molar-refractivity contribution is -0.0561. The van der Waals surface area contributed by atoms with Gasteiger partial charge in [0.25, 0.3) is 5.56 Å². The van der Waals surface area contributed by atoms with Gasteiger partial charge in [-0.1, -0.05) is 23.7 Å². The Kier molecular flexibility index (Phi) is 4.66. The molecule has 10 heteroatoms. The van der Waals surface area contributed by atoms with E-state index < -0.39 is 42.4 Å². The number of aliphatic hydroxyl groups excluding tert-OH is 3. The van der Waals surface area contributed by atoms with Crippen LogP contribution in [0.15, 0.2) is 39.2 Å². The molecule has 4 atom stereocenters. The van der Waals surface area contributed by atoms with Gasteiger partial charge in [-0.3, -0.25) is 4.79 Å². The van der Waals surface area contributed by atoms with Crippen LogP contribution in [-0.4, -0.2) is 49.8 Å². The van der Waals surface area contributed by atoms with Crippen LogP contribution in [0.3, 0.4) is 0 Å². The summed E-state index contributed by atoms with van der Waals surface area (Å²) < 4.78 is 6.32. The zero-order valence-corrected chi connectivity index (χ0v) is 15.3. The van der Waals surface area contributed by atoms with Gasteiger partial charge in [0.15, 0.2) is 6.23 Å². The molecule has 1 fully saturated rings. The first-order valence-electron chi connectivity index (χ1n) is 8.06. The van der Waals surface area contributed by atoms with E-state index >= 15 is 0 Å². The number of thiophene rings is 1. The summed E-state index contributed by atoms with van der Waals surface area (Å²) in [6, 6.07) is 6.97. The summed E-state index contributed by atoms with van der Waals surface area (Å²) in [6.45, 7) is -0.552. The molecule has 0 aliphatic carbocycles. The number of ether oxygens (including phenoxy) is 1. The summed E-state index contributed by atoms with van der Waals surface area (Å²) in [6.07, 6.45) is -5.40. The predicted octanol–water partition coefficient (Wildman–Crippen LogP) is 0.683. The van der Waals surface area contributed by atoms with Gasteiger partial charge in [0.05, 0.1) is 12.1 Å². The molecule has 1 aliphatic rings. The number of nitrogens with one attached hydrogen (secondary N) is 1. The Morgan fingerprint density at radius 2 is 1.89 bits per heavy atom. The summed E-state index contributed by atoms with van der Waals surface area (Å²) in [5.74, 6) is 0. The van der Waals surface area contributed by atoms with Crippen molar-refractivity contribution in [3.63, 3.8) is 0 Å². The van der Waals surface area contributed by atoms with E-state index in [0.29, 0.717) is 16.1 Å². The third kappa shape index (κ3) is 2.92. The third-order valence-electron chi connectivity index (χ3n) is 4.58. The molecule has 27 heavy (non-hydrogen) atoms. The molecule has 142 valence electrons. The van der Waals surface area contributed by atoms with Crippen molar-refractivity contribution in [1.82, 2.24) is 9.55 Å². The second-order valence-corrected chi connectivity index (χ2v) is 7.51. The van der Waals surface area contributed by atoms with Gasteiger partial charge in [0.1, 0.15) is 23.0 Å². The first kappa shape index (κ1) is 18.4. The Labute approximate surface area is 160 Å². The number of benzene rings is 1. The molecule has 1 aromatic carbocycles. The normalized spacial score (nSPS) is 25.3. The van der Waals surface area contributed by atoms with E-state index in [4.69, 9.17) is 16.3 Å². The lowest BCUT2D eigenvalue weighted by Crippen LogP contribution is -2.42. The van der Waals surface area contributed by atoms with Gasteiger partial charge in [0.2, 0.25) is 0 Å². The molecule has 2 aromatic heterocycles. The van der Waals surface area contributed by atoms with Crippen LogP contribution < -0.4 is 11.2 Å². The van der Waals surface area contributed by atoms with Gasteiger partial charge < -0.3 is 25.0 Å². The highest BCUT2D eigenvalue weighted by atomic mass is 35.5. The van der Waals surface area contributed by atoms with Crippen LogP contribution in [-0.2, 0) is 4.74 Å². The van der Waals surface area contributed by atoms with Crippen LogP contribution in [0.2, 0.25) is 5.02 Å². The molecule has 4 N–H and O–H groups in total. The minimum absolute atomic E-state index is 0.275. The van der Waals surface area contributed by atoms with Crippen LogP contribution in [0.25, 0.3) is 21.3 Å². The minimum Gasteiger partial charge on any atom is -0.394 e. The van der Waals surface area contributed by atoms with E-state index in [1.165, 1.54) is 0 Å². The van der Waals surface area contributed by atoms with Crippen molar-refractivity contribution in [3.05, 3.63) is 55.5 Å². The Morgan fingerprint density at radius 1 is 1.19 bits per heavy atom. The fourth-order valence-electron chi connectivity index (χ4n) is 3.17. The van der Waals surface area contributed by atoms with Gasteiger partial charge in [-0.25, -0.2) is 9.36 Å². The van der Waals surface area contributed by atoms with E-state index in [2.05, 4.69) is 4.98 Å². The van der Waals surface area contributed by atoms with Crippen LogP contribution >= 0.6 is 22.9 Å². The fourth-order valence-corrected chi connectivity index (χ4v) is 4.27. The number of H-pyrrole nitrogens is 1. The lowest BCUT2D eigenvalue weighted by Gasteiger charge is -2.16. The van der Waals surface area contributed by atoms with Gasteiger partial charge in [-0.2, -0.15) is 0 Å². The van der Waals surface area contributed by atoms with Crippen LogP contribution in [0.4, 0.5) is 0 Å². The van der Waals surface area contributed by atoms with Gasteiger partial charge in [0, 0.05) is 16.0 Å². The SMILES string of the molecule is O=c1[nH]c2c(-c3ccc(Cl)cc3)csc2c(=O)n1[C@@H]1O[C@H](CO)[C@@H](O)[C@H]1O. The molecule has 3 heterocycles. The smallest absolute Gasteiger partial charge is 0.331 e. The van der Waals surface area contributed by atoms with Crippen molar-refractivity contribution in [2.45, 2.75) is 24.5 Å². The average Bonchev–Trinajstić information content (AvgIpc) is 3.19. The molecule has 0 amide bonds. The summed E-state index contributed by atoms with van der Waals surface area (Å²) in [5.41, 5.74) is 0.408. The number of hydrogen-bond donors (Lipinski definition) is 4. The Hall–Kier alpha value is -2.01. The number of fused-ring (bicyclic) bond motifs is 1. The molecule has 0 radical (unpaired) electrons. The highest BCUT2D eigenvalue weighted by Crippen LogP contribution is 2.32. The molecule has 1 aliphatic heterocycles. The van der Waals surface area contributed by atoms with Gasteiger partial charge in [-0.15, -0.1) is 11.3 Å². The van der Waals surface area contributed by atoms with Crippen molar-refractivity contribution in [2.24, 2.45) is 0 Å². The number of aromatic nitrogens is 2. The minimum atomic E-state index is -1.52. The fraction of sp³-hybridized carbons (Fsp3) is 0.294. The van der Waals surface area contributed by atoms with E-state index in [1.54, 1.807) is 29.6 Å². The summed E-state index contributed by atoms with van der Waals surface area (Å²) >= 11 is 7.04. The second kappa shape index (κ2) is 6.86. The van der Waals surface area contributed by atoms with E-state index in [0.717, 1.165) is 21.5 Å². The maximum atomic E-state index is 12.9. The largest absolute Gasteiger partial charge is 0.394 e. The number of aromatic amines is 1. The van der Waals surface area contributed by atoms with Crippen LogP contribution in [0.1, 0.15) is 6.23 Å². The number of halogens is 1. The van der Waals surface area contributed by atoms with Crippen molar-refractivity contribution >= 4 is 33.2 Å². The molecule has 3 aromatic rings. The second-order valence-electron chi connectivity index (χ2n) is 6.19. The highest BCUT2D eigenvalue weighted by molar-refractivity contribution is 7.17. The van der Waals surface area contributed by atoms with Crippen molar-refractivity contribution in [3.8, 4) is 11.1 Å². The quantitative estimate of drug-likeness (QED) is 0.503. The molecular weight excluding hydrogens is 396 g/mol. The maximum Gasteiger partial charge on any atom is 0.331 e. The molecule has 4 rings (SSSR count). The lowest BCUT2D eigenvalue weighted by atomic mass is 10.1. The average molecular weight is 411 g/mol. The van der Waals surface area contributed by atoms with Crippen molar-refractivity contribution in [2.75, 3.05) is 6.61 Å². The third-order valence-corrected chi connectivity index (χ3v) is 5.80. The van der Waals surface area contributed by atoms with E-state index in [-0.39, 0.29) is 4.70 Å². The standard InChI is InChI=1S/C17H15ClN2O6S/c18-8-3-1-7(2-4-8)9-6-27-14-11(9)19-17(25)20(15(14)24)16-13(23)12(22)10(5-21)26-16/h1-4,6,10,12-13,16,21-23H,5H2,(H,19,25)/t10-,12-,13-,16-/m1/s1. The summed E-state index contributed by atoms with van der Waals surface area (Å²) in [7, 11) is 0. The first-order valence-corrected chi connectivity index (χ1v) is 9.32. The Balaban J connectivity index is 1.85. The van der Waals surface area contributed by atoms with Gasteiger partial charge in [-0.05, 0) is 17.7 Å². The van der Waals surface area contributed by atoms with Crippen molar-refractivity contribution in [1.29, 1.82) is 0 Å². The van der Waals surface area contributed by atoms with Crippen molar-refractivity contribution < 1.29 is 20.1 Å². The number of hydrogen-bond acceptors (Lipinski definition) is 7. The molecular formula is C17H15ClN2O6S. The van der Waals surface area contributed by atoms with Gasteiger partial charge >= 0.3 is 5.69 Å². The van der Waals surface area contributed by atoms with E-state index in [9.17, 15) is 24.9 Å².